The lowest BCUT2D eigenvalue weighted by Gasteiger charge is -2.36. The van der Waals surface area contributed by atoms with E-state index in [2.05, 4.69) is 21.2 Å². The van der Waals surface area contributed by atoms with Crippen LogP contribution in [0.25, 0.3) is 26.9 Å². The number of guanidine groups is 1. The van der Waals surface area contributed by atoms with E-state index in [9.17, 15) is 4.21 Å². The molecule has 2 aromatic heterocycles. The zero-order chi connectivity index (χ0) is 22.7. The summed E-state index contributed by atoms with van der Waals surface area (Å²) in [6.07, 6.45) is 3.39. The molecule has 0 aliphatic carbocycles. The molecule has 5 rings (SSSR count). The van der Waals surface area contributed by atoms with Gasteiger partial charge >= 0.3 is 0 Å². The summed E-state index contributed by atoms with van der Waals surface area (Å²) < 4.78 is 32.5. The largest absolute Gasteiger partial charge is 0.369 e. The van der Waals surface area contributed by atoms with Gasteiger partial charge in [-0.05, 0) is 36.1 Å². The van der Waals surface area contributed by atoms with E-state index in [-0.39, 0.29) is 17.5 Å². The third kappa shape index (κ3) is 3.18. The summed E-state index contributed by atoms with van der Waals surface area (Å²) in [6, 6.07) is 13.4. The second-order valence-corrected chi connectivity index (χ2v) is 11.4. The van der Waals surface area contributed by atoms with Crippen LogP contribution in [0.15, 0.2) is 59.9 Å². The molecular formula is C22H21FN6OS2. The first-order valence-corrected chi connectivity index (χ1v) is 12.5. The fourth-order valence-electron chi connectivity index (χ4n) is 3.98. The van der Waals surface area contributed by atoms with Crippen LogP contribution in [0.5, 0.6) is 0 Å². The van der Waals surface area contributed by atoms with E-state index in [1.54, 1.807) is 37.1 Å². The number of rotatable bonds is 3. The van der Waals surface area contributed by atoms with Gasteiger partial charge < -0.3 is 5.73 Å². The second kappa shape index (κ2) is 7.14. The lowest BCUT2D eigenvalue weighted by atomic mass is 10.0. The van der Waals surface area contributed by atoms with Crippen LogP contribution in [0.4, 0.5) is 4.39 Å². The molecule has 2 N–H and O–H groups in total. The lowest BCUT2D eigenvalue weighted by molar-refractivity contribution is 0.495. The van der Waals surface area contributed by atoms with Crippen LogP contribution in [0.3, 0.4) is 0 Å². The number of nitrogens with zero attached hydrogens (tertiary/aromatic N) is 5. The third-order valence-corrected chi connectivity index (χ3v) is 9.36. The van der Waals surface area contributed by atoms with Gasteiger partial charge in [-0.15, -0.1) is 16.4 Å². The highest BCUT2D eigenvalue weighted by Gasteiger charge is 2.40. The fraction of sp³-hybridized carbons (Fsp3) is 0.182. The Morgan fingerprint density at radius 3 is 2.66 bits per heavy atom. The van der Waals surface area contributed by atoms with Crippen molar-refractivity contribution < 1.29 is 8.60 Å². The maximum absolute atomic E-state index is 15.6. The number of halogens is 1. The summed E-state index contributed by atoms with van der Waals surface area (Å²) in [5.74, 6) is 3.65. The van der Waals surface area contributed by atoms with Gasteiger partial charge in [-0.2, -0.15) is 0 Å². The summed E-state index contributed by atoms with van der Waals surface area (Å²) in [7, 11) is -1.11. The van der Waals surface area contributed by atoms with Crippen molar-refractivity contribution in [2.75, 3.05) is 12.8 Å². The Bertz CT molecular complexity index is 1460. The zero-order valence-corrected chi connectivity index (χ0v) is 19.2. The first-order valence-electron chi connectivity index (χ1n) is 9.82. The summed E-state index contributed by atoms with van der Waals surface area (Å²) in [5.41, 5.74) is 7.69. The Morgan fingerprint density at radius 1 is 1.25 bits per heavy atom. The standard InChI is InChI=1S/C22H21FN6OS2/c1-22(13-32(3,30)28(2)21(24)26-22)20-18(23)17-6-4-5-16(19(17)31-20)14-7-9-15(10-8-14)29-12-11-25-27-29/h4-12H,3,13H2,1-2H3,(H2,24,26)/t22-,32?/m0/s1. The quantitative estimate of drug-likeness (QED) is 0.467. The Labute approximate surface area is 189 Å². The van der Waals surface area contributed by atoms with Crippen molar-refractivity contribution >= 4 is 43.0 Å². The molecule has 1 aliphatic heterocycles. The van der Waals surface area contributed by atoms with Gasteiger partial charge in [0.05, 0.1) is 38.4 Å². The molecule has 2 aromatic carbocycles. The molecule has 1 unspecified atom stereocenters. The van der Waals surface area contributed by atoms with E-state index < -0.39 is 15.2 Å². The van der Waals surface area contributed by atoms with Crippen LogP contribution in [0.2, 0.25) is 0 Å². The van der Waals surface area contributed by atoms with Crippen LogP contribution in [-0.4, -0.2) is 48.1 Å². The highest BCUT2D eigenvalue weighted by Crippen LogP contribution is 2.44. The molecule has 0 spiro atoms. The van der Waals surface area contributed by atoms with E-state index in [1.807, 2.05) is 36.4 Å². The van der Waals surface area contributed by atoms with Crippen LogP contribution < -0.4 is 5.73 Å². The van der Waals surface area contributed by atoms with Gasteiger partial charge in [0.1, 0.15) is 11.4 Å². The number of aliphatic imine (C=N–C) groups is 1. The molecule has 0 radical (unpaired) electrons. The van der Waals surface area contributed by atoms with Crippen molar-refractivity contribution in [1.29, 1.82) is 0 Å². The van der Waals surface area contributed by atoms with Crippen LogP contribution >= 0.6 is 11.3 Å². The second-order valence-electron chi connectivity index (χ2n) is 7.98. The minimum Gasteiger partial charge on any atom is -0.369 e. The highest BCUT2D eigenvalue weighted by molar-refractivity contribution is 7.98. The Kier molecular flexibility index (Phi) is 4.61. The van der Waals surface area contributed by atoms with Gasteiger partial charge in [0.25, 0.3) is 0 Å². The van der Waals surface area contributed by atoms with Gasteiger partial charge in [0, 0.05) is 17.1 Å². The Balaban J connectivity index is 1.64. The molecule has 0 saturated heterocycles. The predicted molar refractivity (Wildman–Crippen MR) is 129 cm³/mol. The average Bonchev–Trinajstić information content (AvgIpc) is 3.41. The molecular weight excluding hydrogens is 447 g/mol. The topological polar surface area (TPSA) is 89.4 Å². The number of thiophene rings is 1. The number of aromatic nitrogens is 3. The Hall–Kier alpha value is -3.24. The normalized spacial score (nSPS) is 23.5. The summed E-state index contributed by atoms with van der Waals surface area (Å²) in [5, 5.41) is 8.34. The van der Waals surface area contributed by atoms with E-state index in [1.165, 1.54) is 15.6 Å². The van der Waals surface area contributed by atoms with E-state index in [0.29, 0.717) is 10.3 Å². The van der Waals surface area contributed by atoms with Crippen LogP contribution in [-0.2, 0) is 15.2 Å². The van der Waals surface area contributed by atoms with Crippen molar-refractivity contribution in [2.45, 2.75) is 12.5 Å². The van der Waals surface area contributed by atoms with E-state index >= 15 is 4.39 Å². The molecule has 4 aromatic rings. The molecule has 10 heteroatoms. The van der Waals surface area contributed by atoms with Gasteiger partial charge in [-0.3, -0.25) is 4.31 Å². The van der Waals surface area contributed by atoms with Gasteiger partial charge in [-0.1, -0.05) is 35.5 Å². The maximum Gasteiger partial charge on any atom is 0.203 e. The maximum atomic E-state index is 15.6. The lowest BCUT2D eigenvalue weighted by Crippen LogP contribution is -2.50. The Morgan fingerprint density at radius 2 is 2.00 bits per heavy atom. The molecule has 0 bridgehead atoms. The first-order chi connectivity index (χ1) is 15.2. The molecule has 164 valence electrons. The predicted octanol–water partition coefficient (Wildman–Crippen LogP) is 3.39. The average molecular weight is 469 g/mol. The molecule has 0 fully saturated rings. The molecule has 7 nitrogen and oxygen atoms in total. The molecule has 0 amide bonds. The fourth-order valence-corrected chi connectivity index (χ4v) is 7.04. The molecule has 2 atom stereocenters. The summed E-state index contributed by atoms with van der Waals surface area (Å²) in [6.45, 7) is 1.76. The van der Waals surface area contributed by atoms with Crippen molar-refractivity contribution in [3.05, 3.63) is 65.6 Å². The van der Waals surface area contributed by atoms with Crippen molar-refractivity contribution in [3.8, 4) is 16.8 Å². The molecule has 3 heterocycles. The molecule has 1 aliphatic rings. The number of hydrogen-bond donors (Lipinski definition) is 1. The van der Waals surface area contributed by atoms with Crippen LogP contribution in [0.1, 0.15) is 11.8 Å². The van der Waals surface area contributed by atoms with Crippen molar-refractivity contribution in [1.82, 2.24) is 19.3 Å². The summed E-state index contributed by atoms with van der Waals surface area (Å²) >= 11 is 1.32. The van der Waals surface area contributed by atoms with E-state index in [4.69, 9.17) is 5.73 Å². The van der Waals surface area contributed by atoms with Gasteiger partial charge in [0.2, 0.25) is 5.96 Å². The SMILES string of the molecule is C=S1(=O)C[C@@](C)(c2sc3c(-c4ccc(-n5ccnn5)cc4)cccc3c2F)N=C(N)N1C. The van der Waals surface area contributed by atoms with Crippen LogP contribution in [0, 0.1) is 5.82 Å². The van der Waals surface area contributed by atoms with Gasteiger partial charge in [0.15, 0.2) is 0 Å². The molecule has 0 saturated carbocycles. The monoisotopic (exact) mass is 468 g/mol. The third-order valence-electron chi connectivity index (χ3n) is 5.70. The van der Waals surface area contributed by atoms with Gasteiger partial charge in [-0.25, -0.2) is 18.3 Å². The smallest absolute Gasteiger partial charge is 0.203 e. The summed E-state index contributed by atoms with van der Waals surface area (Å²) in [4.78, 5) is 4.92. The first kappa shape index (κ1) is 20.7. The highest BCUT2D eigenvalue weighted by atomic mass is 32.2. The minimum absolute atomic E-state index is 0.0862. The number of hydrogen-bond acceptors (Lipinski definition) is 6. The van der Waals surface area contributed by atoms with Crippen molar-refractivity contribution in [2.24, 2.45) is 10.7 Å². The number of fused-ring (bicyclic) bond motifs is 1. The zero-order valence-electron chi connectivity index (χ0n) is 17.5. The molecule has 32 heavy (non-hydrogen) atoms. The van der Waals surface area contributed by atoms with Crippen molar-refractivity contribution in [3.63, 3.8) is 0 Å². The number of benzene rings is 2. The minimum atomic E-state index is -2.71. The number of nitrogens with two attached hydrogens (primary N) is 1. The van der Waals surface area contributed by atoms with E-state index in [0.717, 1.165) is 21.5 Å².